The van der Waals surface area contributed by atoms with Crippen molar-refractivity contribution in [3.8, 4) is 11.1 Å². The van der Waals surface area contributed by atoms with Gasteiger partial charge >= 0.3 is 0 Å². The van der Waals surface area contributed by atoms with Crippen LogP contribution in [-0.2, 0) is 0 Å². The molecule has 16 heavy (non-hydrogen) atoms. The maximum atomic E-state index is 5.72. The van der Waals surface area contributed by atoms with Crippen LogP contribution < -0.4 is 5.73 Å². The highest BCUT2D eigenvalue weighted by Gasteiger charge is 1.99. The van der Waals surface area contributed by atoms with Crippen molar-refractivity contribution in [2.45, 2.75) is 0 Å². The second-order valence-electron chi connectivity index (χ2n) is 3.42. The molecule has 1 aromatic heterocycles. The third kappa shape index (κ3) is 2.08. The summed E-state index contributed by atoms with van der Waals surface area (Å²) in [5.41, 5.74) is 8.96. The van der Waals surface area contributed by atoms with Crippen molar-refractivity contribution in [2.75, 3.05) is 7.05 Å². The van der Waals surface area contributed by atoms with Crippen LogP contribution in [0.2, 0.25) is 0 Å². The molecule has 0 spiro atoms. The summed E-state index contributed by atoms with van der Waals surface area (Å²) in [5, 5.41) is 0. The molecular formula is C13H13N3. The van der Waals surface area contributed by atoms with Crippen molar-refractivity contribution < 1.29 is 0 Å². The Kier molecular flexibility index (Phi) is 2.96. The van der Waals surface area contributed by atoms with Crippen LogP contribution in [0, 0.1) is 0 Å². The molecule has 0 saturated carbocycles. The first kappa shape index (κ1) is 10.4. The first-order valence-corrected chi connectivity index (χ1v) is 5.04. The zero-order valence-corrected chi connectivity index (χ0v) is 9.09. The minimum Gasteiger partial charge on any atom is -0.384 e. The van der Waals surface area contributed by atoms with Gasteiger partial charge in [0, 0.05) is 25.0 Å². The Balaban J connectivity index is 2.34. The third-order valence-corrected chi connectivity index (χ3v) is 2.44. The van der Waals surface area contributed by atoms with E-state index in [0.717, 1.165) is 16.7 Å². The predicted molar refractivity (Wildman–Crippen MR) is 66.3 cm³/mol. The molecule has 0 aliphatic rings. The van der Waals surface area contributed by atoms with Gasteiger partial charge in [-0.15, -0.1) is 0 Å². The molecule has 2 aromatic rings. The van der Waals surface area contributed by atoms with Crippen LogP contribution in [-0.4, -0.2) is 17.9 Å². The second kappa shape index (κ2) is 4.57. The number of nitrogens with zero attached hydrogens (tertiary/aromatic N) is 2. The molecule has 0 aliphatic heterocycles. The van der Waals surface area contributed by atoms with E-state index < -0.39 is 0 Å². The van der Waals surface area contributed by atoms with Gasteiger partial charge in [0.2, 0.25) is 0 Å². The van der Waals surface area contributed by atoms with E-state index >= 15 is 0 Å². The highest BCUT2D eigenvalue weighted by molar-refractivity contribution is 5.97. The molecule has 3 nitrogen and oxygen atoms in total. The Hall–Kier alpha value is -2.16. The van der Waals surface area contributed by atoms with Gasteiger partial charge in [-0.25, -0.2) is 0 Å². The monoisotopic (exact) mass is 211 g/mol. The van der Waals surface area contributed by atoms with E-state index in [1.165, 1.54) is 0 Å². The zero-order chi connectivity index (χ0) is 11.4. The molecule has 0 radical (unpaired) electrons. The van der Waals surface area contributed by atoms with E-state index in [2.05, 4.69) is 9.98 Å². The molecule has 0 amide bonds. The van der Waals surface area contributed by atoms with Gasteiger partial charge in [-0.05, 0) is 23.3 Å². The fourth-order valence-electron chi connectivity index (χ4n) is 1.51. The van der Waals surface area contributed by atoms with Crippen molar-refractivity contribution >= 4 is 5.84 Å². The molecule has 80 valence electrons. The summed E-state index contributed by atoms with van der Waals surface area (Å²) >= 11 is 0. The van der Waals surface area contributed by atoms with Gasteiger partial charge in [0.1, 0.15) is 5.84 Å². The van der Waals surface area contributed by atoms with Crippen LogP contribution in [0.15, 0.2) is 53.8 Å². The number of pyridine rings is 1. The van der Waals surface area contributed by atoms with Gasteiger partial charge in [0.15, 0.2) is 0 Å². The summed E-state index contributed by atoms with van der Waals surface area (Å²) in [6, 6.07) is 12.0. The van der Waals surface area contributed by atoms with Crippen molar-refractivity contribution in [3.05, 3.63) is 54.4 Å². The molecule has 1 heterocycles. The topological polar surface area (TPSA) is 51.3 Å². The van der Waals surface area contributed by atoms with E-state index in [-0.39, 0.29) is 0 Å². The fraction of sp³-hybridized carbons (Fsp3) is 0.0769. The molecule has 0 saturated heterocycles. The highest BCUT2D eigenvalue weighted by atomic mass is 14.8. The van der Waals surface area contributed by atoms with Crippen LogP contribution in [0.5, 0.6) is 0 Å². The maximum Gasteiger partial charge on any atom is 0.125 e. The van der Waals surface area contributed by atoms with Gasteiger partial charge in [-0.1, -0.05) is 24.3 Å². The number of aliphatic imine (C=N–C) groups is 1. The van der Waals surface area contributed by atoms with Crippen molar-refractivity contribution in [1.29, 1.82) is 0 Å². The number of hydrogen-bond acceptors (Lipinski definition) is 2. The minimum absolute atomic E-state index is 0.557. The smallest absolute Gasteiger partial charge is 0.125 e. The number of nitrogens with two attached hydrogens (primary N) is 1. The highest BCUT2D eigenvalue weighted by Crippen LogP contribution is 2.18. The lowest BCUT2D eigenvalue weighted by Crippen LogP contribution is -2.12. The van der Waals surface area contributed by atoms with Crippen LogP contribution >= 0.6 is 0 Å². The average Bonchev–Trinajstić information content (AvgIpc) is 2.39. The van der Waals surface area contributed by atoms with Crippen molar-refractivity contribution in [3.63, 3.8) is 0 Å². The molecule has 2 rings (SSSR count). The first-order valence-electron chi connectivity index (χ1n) is 5.04. The third-order valence-electron chi connectivity index (χ3n) is 2.44. The fourth-order valence-corrected chi connectivity index (χ4v) is 1.51. The van der Waals surface area contributed by atoms with E-state index in [9.17, 15) is 0 Å². The summed E-state index contributed by atoms with van der Waals surface area (Å²) < 4.78 is 0. The normalized spacial score (nSPS) is 11.4. The van der Waals surface area contributed by atoms with Crippen molar-refractivity contribution in [1.82, 2.24) is 4.98 Å². The number of hydrogen-bond donors (Lipinski definition) is 1. The first-order chi connectivity index (χ1) is 7.81. The Morgan fingerprint density at radius 2 is 1.56 bits per heavy atom. The van der Waals surface area contributed by atoms with Crippen molar-refractivity contribution in [2.24, 2.45) is 10.7 Å². The zero-order valence-electron chi connectivity index (χ0n) is 9.09. The Labute approximate surface area is 94.7 Å². The van der Waals surface area contributed by atoms with E-state index in [1.807, 2.05) is 36.4 Å². The Morgan fingerprint density at radius 1 is 1.00 bits per heavy atom. The van der Waals surface area contributed by atoms with Gasteiger partial charge in [0.05, 0.1) is 0 Å². The molecule has 0 unspecified atom stereocenters. The Bertz CT molecular complexity index is 486. The number of amidine groups is 1. The molecular weight excluding hydrogens is 198 g/mol. The lowest BCUT2D eigenvalue weighted by Gasteiger charge is -2.03. The van der Waals surface area contributed by atoms with E-state index in [0.29, 0.717) is 5.84 Å². The summed E-state index contributed by atoms with van der Waals surface area (Å²) in [6.07, 6.45) is 3.57. The van der Waals surface area contributed by atoms with Gasteiger partial charge in [0.25, 0.3) is 0 Å². The lowest BCUT2D eigenvalue weighted by atomic mass is 10.1. The quantitative estimate of drug-likeness (QED) is 0.610. The predicted octanol–water partition coefficient (Wildman–Crippen LogP) is 2.08. The average molecular weight is 211 g/mol. The summed E-state index contributed by atoms with van der Waals surface area (Å²) in [6.45, 7) is 0. The second-order valence-corrected chi connectivity index (χ2v) is 3.42. The van der Waals surface area contributed by atoms with Gasteiger partial charge in [-0.2, -0.15) is 0 Å². The molecule has 0 atom stereocenters. The Morgan fingerprint density at radius 3 is 2.12 bits per heavy atom. The summed E-state index contributed by atoms with van der Waals surface area (Å²) in [7, 11) is 1.69. The number of benzene rings is 1. The van der Waals surface area contributed by atoms with Crippen LogP contribution in [0.4, 0.5) is 0 Å². The maximum absolute atomic E-state index is 5.72. The standard InChI is InChI=1S/C13H13N3/c1-15-13(14)12-4-2-10(3-5-12)11-6-8-16-9-7-11/h2-9H,1H3,(H2,14,15). The largest absolute Gasteiger partial charge is 0.384 e. The SMILES string of the molecule is CN=C(N)c1ccc(-c2ccncc2)cc1. The van der Waals surface area contributed by atoms with Gasteiger partial charge < -0.3 is 5.73 Å². The number of aromatic nitrogens is 1. The van der Waals surface area contributed by atoms with Crippen LogP contribution in [0.1, 0.15) is 5.56 Å². The van der Waals surface area contributed by atoms with E-state index in [1.54, 1.807) is 19.4 Å². The van der Waals surface area contributed by atoms with Gasteiger partial charge in [-0.3, -0.25) is 9.98 Å². The lowest BCUT2D eigenvalue weighted by molar-refractivity contribution is 1.33. The summed E-state index contributed by atoms with van der Waals surface area (Å²) in [4.78, 5) is 7.94. The molecule has 3 heteroatoms. The summed E-state index contributed by atoms with van der Waals surface area (Å²) in [5.74, 6) is 0.557. The molecule has 0 aliphatic carbocycles. The van der Waals surface area contributed by atoms with Crippen LogP contribution in [0.25, 0.3) is 11.1 Å². The molecule has 0 fully saturated rings. The van der Waals surface area contributed by atoms with E-state index in [4.69, 9.17) is 5.73 Å². The molecule has 2 N–H and O–H groups in total. The minimum atomic E-state index is 0.557. The molecule has 0 bridgehead atoms. The molecule has 1 aromatic carbocycles. The number of rotatable bonds is 2. The van der Waals surface area contributed by atoms with Crippen LogP contribution in [0.3, 0.4) is 0 Å².